The van der Waals surface area contributed by atoms with Crippen LogP contribution in [0.4, 0.5) is 0 Å². The number of phenolic OH excluding ortho intramolecular Hbond substituents is 1. The number of aliphatic hydroxyl groups is 1. The van der Waals surface area contributed by atoms with Crippen LogP contribution in [0.1, 0.15) is 41.7 Å². The Morgan fingerprint density at radius 2 is 1.60 bits per heavy atom. The molecular weight excluding hydrogens is 400 g/mol. The van der Waals surface area contributed by atoms with Crippen LogP contribution in [0.15, 0.2) is 41.2 Å². The summed E-state index contributed by atoms with van der Waals surface area (Å²) in [4.78, 5) is 14.3. The molecule has 4 rings (SSSR count). The largest absolute Gasteiger partial charge is 0.506 e. The fraction of sp³-hybridized carbons (Fsp3) is 0.375. The maximum absolute atomic E-state index is 11.6. The first kappa shape index (κ1) is 22.3. The summed E-state index contributed by atoms with van der Waals surface area (Å²) >= 11 is 0. The van der Waals surface area contributed by atoms with Crippen molar-refractivity contribution in [1.29, 1.82) is 0 Å². The van der Waals surface area contributed by atoms with Crippen LogP contribution < -0.4 is 10.9 Å². The fourth-order valence-electron chi connectivity index (χ4n) is 4.66. The van der Waals surface area contributed by atoms with E-state index in [1.54, 1.807) is 18.2 Å². The van der Waals surface area contributed by atoms with Crippen molar-refractivity contribution in [1.82, 2.24) is 10.3 Å². The molecule has 0 bridgehead atoms. The minimum atomic E-state index is -0.705. The van der Waals surface area contributed by atoms with Crippen molar-refractivity contribution in [2.45, 2.75) is 58.2 Å². The average Bonchev–Trinajstić information content (AvgIpc) is 3.13. The van der Waals surface area contributed by atoms with Crippen LogP contribution in [0.5, 0.6) is 5.75 Å². The molecule has 1 aromatic heterocycles. The van der Waals surface area contributed by atoms with E-state index in [4.69, 9.17) is 0 Å². The molecule has 1 aliphatic rings. The molecule has 4 N–H and O–H groups in total. The van der Waals surface area contributed by atoms with E-state index in [2.05, 4.69) is 36.3 Å². The molecule has 0 spiro atoms. The average molecular weight is 429 g/mol. The van der Waals surface area contributed by atoms with Crippen LogP contribution in [0.2, 0.25) is 0 Å². The first-order chi connectivity index (χ1) is 14.0. The zero-order chi connectivity index (χ0) is 20.5. The van der Waals surface area contributed by atoms with E-state index in [-0.39, 0.29) is 29.8 Å². The zero-order valence-corrected chi connectivity index (χ0v) is 18.2. The Hall–Kier alpha value is -2.34. The van der Waals surface area contributed by atoms with E-state index in [0.29, 0.717) is 11.9 Å². The van der Waals surface area contributed by atoms with Gasteiger partial charge in [-0.3, -0.25) is 10.1 Å². The van der Waals surface area contributed by atoms with Crippen molar-refractivity contribution in [2.24, 2.45) is 0 Å². The number of fused-ring (bicyclic) bond motifs is 2. The third-order valence-corrected chi connectivity index (χ3v) is 6.09. The molecule has 1 atom stereocenters. The molecular formula is C24H29ClN2O3. The molecule has 3 aromatic rings. The molecule has 0 radical (unpaired) electrons. The fourth-order valence-corrected chi connectivity index (χ4v) is 4.66. The molecule has 0 aliphatic heterocycles. The number of aryl methyl sites for hydroxylation is 2. The van der Waals surface area contributed by atoms with Gasteiger partial charge < -0.3 is 15.2 Å². The number of aromatic hydroxyl groups is 1. The Morgan fingerprint density at radius 1 is 1.00 bits per heavy atom. The Bertz CT molecular complexity index is 1080. The predicted molar refractivity (Wildman–Crippen MR) is 123 cm³/mol. The third kappa shape index (κ3) is 4.24. The second-order valence-corrected chi connectivity index (χ2v) is 7.89. The Morgan fingerprint density at radius 3 is 2.20 bits per heavy atom. The van der Waals surface area contributed by atoms with Crippen molar-refractivity contribution in [3.63, 3.8) is 0 Å². The number of aliphatic hydroxyl groups excluding tert-OH is 1. The summed E-state index contributed by atoms with van der Waals surface area (Å²) < 4.78 is 0. The van der Waals surface area contributed by atoms with Crippen LogP contribution in [0, 0.1) is 0 Å². The van der Waals surface area contributed by atoms with E-state index in [0.717, 1.165) is 36.6 Å². The quantitative estimate of drug-likeness (QED) is 0.453. The lowest BCUT2D eigenvalue weighted by Crippen LogP contribution is -2.40. The van der Waals surface area contributed by atoms with Crippen LogP contribution in [0.25, 0.3) is 10.9 Å². The summed E-state index contributed by atoms with van der Waals surface area (Å²) in [5.41, 5.74) is 6.75. The molecule has 5 nitrogen and oxygen atoms in total. The molecule has 0 saturated heterocycles. The molecule has 1 unspecified atom stereocenters. The zero-order valence-electron chi connectivity index (χ0n) is 17.4. The summed E-state index contributed by atoms with van der Waals surface area (Å²) in [5, 5.41) is 24.9. The highest BCUT2D eigenvalue weighted by molar-refractivity contribution is 5.87. The molecule has 0 saturated carbocycles. The maximum Gasteiger partial charge on any atom is 0.248 e. The summed E-state index contributed by atoms with van der Waals surface area (Å²) in [6, 6.07) is 11.2. The first-order valence-corrected chi connectivity index (χ1v) is 10.4. The van der Waals surface area contributed by atoms with Gasteiger partial charge in [-0.25, -0.2) is 0 Å². The highest BCUT2D eigenvalue weighted by Gasteiger charge is 2.27. The molecule has 2 aromatic carbocycles. The maximum atomic E-state index is 11.6. The van der Waals surface area contributed by atoms with Crippen molar-refractivity contribution in [2.75, 3.05) is 0 Å². The van der Waals surface area contributed by atoms with Gasteiger partial charge in [0, 0.05) is 23.9 Å². The van der Waals surface area contributed by atoms with Gasteiger partial charge in [0.25, 0.3) is 0 Å². The Balaban J connectivity index is 0.00000256. The van der Waals surface area contributed by atoms with Gasteiger partial charge >= 0.3 is 0 Å². The summed E-state index contributed by atoms with van der Waals surface area (Å²) in [6.07, 6.45) is 3.62. The minimum absolute atomic E-state index is 0. The van der Waals surface area contributed by atoms with E-state index >= 15 is 0 Å². The van der Waals surface area contributed by atoms with Gasteiger partial charge in [0.1, 0.15) is 12.0 Å². The molecule has 1 heterocycles. The Labute approximate surface area is 182 Å². The molecule has 0 amide bonds. The third-order valence-electron chi connectivity index (χ3n) is 6.09. The highest BCUT2D eigenvalue weighted by Crippen LogP contribution is 2.30. The number of pyridine rings is 1. The van der Waals surface area contributed by atoms with Crippen molar-refractivity contribution < 1.29 is 10.2 Å². The number of benzene rings is 2. The molecule has 0 fully saturated rings. The van der Waals surface area contributed by atoms with E-state index in [1.807, 2.05) is 0 Å². The van der Waals surface area contributed by atoms with Gasteiger partial charge in [0.2, 0.25) is 5.56 Å². The van der Waals surface area contributed by atoms with Gasteiger partial charge in [-0.15, -0.1) is 12.4 Å². The smallest absolute Gasteiger partial charge is 0.248 e. The second kappa shape index (κ2) is 9.21. The molecule has 1 aliphatic carbocycles. The summed E-state index contributed by atoms with van der Waals surface area (Å²) in [6.45, 7) is 4.38. The van der Waals surface area contributed by atoms with Crippen molar-refractivity contribution in [3.05, 3.63) is 74.6 Å². The van der Waals surface area contributed by atoms with Crippen molar-refractivity contribution in [3.8, 4) is 5.75 Å². The van der Waals surface area contributed by atoms with Crippen LogP contribution in [-0.2, 0) is 32.1 Å². The number of phenols is 1. The lowest BCUT2D eigenvalue weighted by atomic mass is 9.96. The standard InChI is InChI=1S/C24H28N2O3.ClH/c1-3-14-5-6-15(4-2)20-13-17(12-19(14)20)25-23(29)11-16-7-9-21(27)24-18(16)8-10-22(28)26-24;/h5-10,17,23,25,27,29H,3-4,11-13H2,1-2H3,(H,26,28);1H. The van der Waals surface area contributed by atoms with E-state index < -0.39 is 6.23 Å². The van der Waals surface area contributed by atoms with Crippen LogP contribution in [0.3, 0.4) is 0 Å². The second-order valence-electron chi connectivity index (χ2n) is 7.89. The number of rotatable bonds is 6. The summed E-state index contributed by atoms with van der Waals surface area (Å²) in [7, 11) is 0. The topological polar surface area (TPSA) is 85.3 Å². The monoisotopic (exact) mass is 428 g/mol. The lowest BCUT2D eigenvalue weighted by molar-refractivity contribution is 0.124. The van der Waals surface area contributed by atoms with Crippen LogP contribution in [-0.4, -0.2) is 27.5 Å². The number of H-pyrrole nitrogens is 1. The summed E-state index contributed by atoms with van der Waals surface area (Å²) in [5.74, 6) is 0.0364. The number of aromatic nitrogens is 1. The lowest BCUT2D eigenvalue weighted by Gasteiger charge is -2.19. The SMILES string of the molecule is CCc1ccc(CC)c2c1CC(NC(O)Cc1ccc(O)c3[nH]c(=O)ccc13)C2.Cl. The molecule has 6 heteroatoms. The first-order valence-electron chi connectivity index (χ1n) is 10.4. The number of hydrogen-bond donors (Lipinski definition) is 4. The predicted octanol–water partition coefficient (Wildman–Crippen LogP) is 3.40. The number of halogens is 1. The van der Waals surface area contributed by atoms with Gasteiger partial charge in [-0.1, -0.05) is 32.0 Å². The van der Waals surface area contributed by atoms with E-state index in [9.17, 15) is 15.0 Å². The number of hydrogen-bond acceptors (Lipinski definition) is 4. The highest BCUT2D eigenvalue weighted by atomic mass is 35.5. The van der Waals surface area contributed by atoms with Gasteiger partial charge in [0.15, 0.2) is 0 Å². The van der Waals surface area contributed by atoms with Crippen molar-refractivity contribution >= 4 is 23.3 Å². The van der Waals surface area contributed by atoms with Gasteiger partial charge in [0.05, 0.1) is 5.52 Å². The molecule has 30 heavy (non-hydrogen) atoms. The van der Waals surface area contributed by atoms with E-state index in [1.165, 1.54) is 28.3 Å². The van der Waals surface area contributed by atoms with Crippen LogP contribution >= 0.6 is 12.4 Å². The van der Waals surface area contributed by atoms with Gasteiger partial charge in [-0.05, 0) is 65.6 Å². The Kier molecular flexibility index (Phi) is 6.86. The number of aromatic amines is 1. The normalized spacial score (nSPS) is 14.5. The molecule has 160 valence electrons. The minimum Gasteiger partial charge on any atom is -0.506 e. The van der Waals surface area contributed by atoms with Gasteiger partial charge in [-0.2, -0.15) is 0 Å². The number of nitrogens with one attached hydrogen (secondary N) is 2.